The van der Waals surface area contributed by atoms with Crippen molar-refractivity contribution in [3.8, 4) is 17.4 Å². The number of para-hydroxylation sites is 2. The van der Waals surface area contributed by atoms with Gasteiger partial charge < -0.3 is 14.8 Å². The highest BCUT2D eigenvalue weighted by molar-refractivity contribution is 6.12. The zero-order chi connectivity index (χ0) is 20.2. The highest BCUT2D eigenvalue weighted by atomic mass is 16.5. The normalized spacial score (nSPS) is 12.3. The van der Waals surface area contributed by atoms with E-state index >= 15 is 0 Å². The van der Waals surface area contributed by atoms with Crippen LogP contribution >= 0.6 is 0 Å². The van der Waals surface area contributed by atoms with Crippen LogP contribution in [-0.4, -0.2) is 29.9 Å². The van der Waals surface area contributed by atoms with Crippen LogP contribution in [0.2, 0.25) is 0 Å². The first-order valence-electron chi connectivity index (χ1n) is 9.22. The molecule has 146 valence electrons. The standard InChI is InChI=1S/C22H19N3O4/c1-2-28-16-11-9-15(10-12-16)24-20(26)14-25-18-7-3-4-8-19(18)29-21-17(22(25)27)6-5-13-23-21/h3-13H,2,14H2,1H3,(H,24,26). The summed E-state index contributed by atoms with van der Waals surface area (Å²) in [6, 6.07) is 17.4. The average Bonchev–Trinajstić information content (AvgIpc) is 2.85. The molecule has 0 unspecified atom stereocenters. The summed E-state index contributed by atoms with van der Waals surface area (Å²) < 4.78 is 11.2. The molecule has 0 saturated carbocycles. The smallest absolute Gasteiger partial charge is 0.264 e. The number of ether oxygens (including phenoxy) is 2. The van der Waals surface area contributed by atoms with Crippen molar-refractivity contribution in [3.63, 3.8) is 0 Å². The van der Waals surface area contributed by atoms with Crippen molar-refractivity contribution in [2.75, 3.05) is 23.4 Å². The Kier molecular flexibility index (Phi) is 5.11. The molecule has 29 heavy (non-hydrogen) atoms. The van der Waals surface area contributed by atoms with E-state index in [2.05, 4.69) is 10.3 Å². The molecule has 0 fully saturated rings. The van der Waals surface area contributed by atoms with E-state index in [0.29, 0.717) is 29.3 Å². The van der Waals surface area contributed by atoms with Crippen molar-refractivity contribution in [2.45, 2.75) is 6.92 Å². The molecular formula is C22H19N3O4. The molecule has 7 heteroatoms. The van der Waals surface area contributed by atoms with Gasteiger partial charge in [-0.2, -0.15) is 0 Å². The first-order chi connectivity index (χ1) is 14.2. The third kappa shape index (κ3) is 3.89. The van der Waals surface area contributed by atoms with Crippen molar-refractivity contribution in [1.82, 2.24) is 4.98 Å². The van der Waals surface area contributed by atoms with Crippen molar-refractivity contribution in [1.29, 1.82) is 0 Å². The molecule has 2 amide bonds. The number of amides is 2. The number of pyridine rings is 1. The largest absolute Gasteiger partial charge is 0.494 e. The first-order valence-corrected chi connectivity index (χ1v) is 9.22. The molecule has 0 bridgehead atoms. The van der Waals surface area contributed by atoms with E-state index in [0.717, 1.165) is 5.75 Å². The molecule has 0 spiro atoms. The minimum atomic E-state index is -0.347. The molecule has 1 aliphatic rings. The molecule has 7 nitrogen and oxygen atoms in total. The number of anilines is 2. The van der Waals surface area contributed by atoms with Gasteiger partial charge in [0.15, 0.2) is 5.75 Å². The summed E-state index contributed by atoms with van der Waals surface area (Å²) in [4.78, 5) is 31.3. The zero-order valence-electron chi connectivity index (χ0n) is 15.8. The SMILES string of the molecule is CCOc1ccc(NC(=O)CN2C(=O)c3cccnc3Oc3ccccc32)cc1. The molecule has 1 aromatic heterocycles. The fourth-order valence-electron chi connectivity index (χ4n) is 3.06. The summed E-state index contributed by atoms with van der Waals surface area (Å²) in [6.07, 6.45) is 1.56. The van der Waals surface area contributed by atoms with Gasteiger partial charge in [0.2, 0.25) is 11.8 Å². The molecule has 0 saturated heterocycles. The number of aromatic nitrogens is 1. The number of hydrogen-bond donors (Lipinski definition) is 1. The van der Waals surface area contributed by atoms with Crippen LogP contribution < -0.4 is 19.7 Å². The predicted octanol–water partition coefficient (Wildman–Crippen LogP) is 3.87. The second kappa shape index (κ2) is 8.02. The minimum absolute atomic E-state index is 0.166. The molecule has 2 aromatic carbocycles. The summed E-state index contributed by atoms with van der Waals surface area (Å²) in [5.74, 6) is 0.736. The summed E-state index contributed by atoms with van der Waals surface area (Å²) in [7, 11) is 0. The van der Waals surface area contributed by atoms with E-state index in [9.17, 15) is 9.59 Å². The number of carbonyl (C=O) groups excluding carboxylic acids is 2. The van der Waals surface area contributed by atoms with Gasteiger partial charge in [0.1, 0.15) is 17.9 Å². The Labute approximate surface area is 167 Å². The minimum Gasteiger partial charge on any atom is -0.494 e. The van der Waals surface area contributed by atoms with Crippen molar-refractivity contribution in [2.24, 2.45) is 0 Å². The Morgan fingerprint density at radius 3 is 2.69 bits per heavy atom. The van der Waals surface area contributed by atoms with Crippen LogP contribution in [0, 0.1) is 0 Å². The molecule has 4 rings (SSSR count). The lowest BCUT2D eigenvalue weighted by molar-refractivity contribution is -0.114. The summed E-state index contributed by atoms with van der Waals surface area (Å²) in [5.41, 5.74) is 1.43. The molecule has 1 aliphatic heterocycles. The summed E-state index contributed by atoms with van der Waals surface area (Å²) in [5, 5.41) is 2.81. The number of benzene rings is 2. The lowest BCUT2D eigenvalue weighted by atomic mass is 10.2. The molecule has 0 radical (unpaired) electrons. The number of carbonyl (C=O) groups is 2. The van der Waals surface area contributed by atoms with Gasteiger partial charge in [-0.25, -0.2) is 4.98 Å². The van der Waals surface area contributed by atoms with Gasteiger partial charge in [-0.1, -0.05) is 12.1 Å². The molecule has 0 aliphatic carbocycles. The van der Waals surface area contributed by atoms with Gasteiger partial charge >= 0.3 is 0 Å². The zero-order valence-corrected chi connectivity index (χ0v) is 15.8. The Bertz CT molecular complexity index is 1050. The maximum atomic E-state index is 13.1. The van der Waals surface area contributed by atoms with Crippen LogP contribution in [-0.2, 0) is 4.79 Å². The van der Waals surface area contributed by atoms with Crippen molar-refractivity contribution >= 4 is 23.2 Å². The third-order valence-corrected chi connectivity index (χ3v) is 4.36. The van der Waals surface area contributed by atoms with Crippen molar-refractivity contribution in [3.05, 3.63) is 72.4 Å². The number of nitrogens with one attached hydrogen (secondary N) is 1. The topological polar surface area (TPSA) is 80.8 Å². The van der Waals surface area contributed by atoms with Crippen LogP contribution in [0.5, 0.6) is 17.4 Å². The molecule has 3 aromatic rings. The third-order valence-electron chi connectivity index (χ3n) is 4.36. The predicted molar refractivity (Wildman–Crippen MR) is 109 cm³/mol. The van der Waals surface area contributed by atoms with E-state index in [-0.39, 0.29) is 24.2 Å². The molecular weight excluding hydrogens is 370 g/mol. The highest BCUT2D eigenvalue weighted by Crippen LogP contribution is 2.37. The van der Waals surface area contributed by atoms with Crippen LogP contribution in [0.25, 0.3) is 0 Å². The Morgan fingerprint density at radius 2 is 1.90 bits per heavy atom. The van der Waals surface area contributed by atoms with E-state index < -0.39 is 0 Å². The van der Waals surface area contributed by atoms with Gasteiger partial charge in [-0.05, 0) is 55.5 Å². The Morgan fingerprint density at radius 1 is 1.10 bits per heavy atom. The Balaban J connectivity index is 1.58. The van der Waals surface area contributed by atoms with Crippen LogP contribution in [0.15, 0.2) is 66.9 Å². The quantitative estimate of drug-likeness (QED) is 0.716. The van der Waals surface area contributed by atoms with E-state index in [1.54, 1.807) is 66.9 Å². The lowest BCUT2D eigenvalue weighted by Crippen LogP contribution is -2.37. The second-order valence-corrected chi connectivity index (χ2v) is 6.32. The lowest BCUT2D eigenvalue weighted by Gasteiger charge is -2.21. The fourth-order valence-corrected chi connectivity index (χ4v) is 3.06. The monoisotopic (exact) mass is 389 g/mol. The van der Waals surface area contributed by atoms with Gasteiger partial charge in [0, 0.05) is 11.9 Å². The maximum Gasteiger partial charge on any atom is 0.264 e. The van der Waals surface area contributed by atoms with Crippen LogP contribution in [0.1, 0.15) is 17.3 Å². The second-order valence-electron chi connectivity index (χ2n) is 6.32. The highest BCUT2D eigenvalue weighted by Gasteiger charge is 2.30. The number of hydrogen-bond acceptors (Lipinski definition) is 5. The first kappa shape index (κ1) is 18.5. The fraction of sp³-hybridized carbons (Fsp3) is 0.136. The van der Waals surface area contributed by atoms with Crippen LogP contribution in [0.3, 0.4) is 0 Å². The van der Waals surface area contributed by atoms with E-state index in [4.69, 9.17) is 9.47 Å². The molecule has 2 heterocycles. The van der Waals surface area contributed by atoms with Gasteiger partial charge in [0.05, 0.1) is 12.3 Å². The summed E-state index contributed by atoms with van der Waals surface area (Å²) in [6.45, 7) is 2.31. The number of fused-ring (bicyclic) bond motifs is 2. The van der Waals surface area contributed by atoms with Gasteiger partial charge in [-0.3, -0.25) is 14.5 Å². The Hall–Kier alpha value is -3.87. The number of rotatable bonds is 5. The summed E-state index contributed by atoms with van der Waals surface area (Å²) >= 11 is 0. The van der Waals surface area contributed by atoms with E-state index in [1.807, 2.05) is 6.92 Å². The average molecular weight is 389 g/mol. The van der Waals surface area contributed by atoms with Crippen LogP contribution in [0.4, 0.5) is 11.4 Å². The number of nitrogens with zero attached hydrogens (tertiary/aromatic N) is 2. The van der Waals surface area contributed by atoms with Crippen molar-refractivity contribution < 1.29 is 19.1 Å². The molecule has 0 atom stereocenters. The van der Waals surface area contributed by atoms with E-state index in [1.165, 1.54) is 4.90 Å². The maximum absolute atomic E-state index is 13.1. The van der Waals surface area contributed by atoms with Gasteiger partial charge in [0.25, 0.3) is 5.91 Å². The van der Waals surface area contributed by atoms with Gasteiger partial charge in [-0.15, -0.1) is 0 Å². The molecule has 1 N–H and O–H groups in total.